The standard InChI is InChI=1S/C39H29O2S/c1-40-28-19-15-26(16-20-28)39(27-17-21-29(41-2)22-18-27)35-12-6-3-9-31(35)32-24-23-30(25-36(32)39)42-37-13-7-4-10-33(37)34-11-5-8-14-38(34)42/h3-25H,1-2H3/q+1. The van der Waals surface area contributed by atoms with E-state index in [4.69, 9.17) is 9.47 Å². The lowest BCUT2D eigenvalue weighted by molar-refractivity contribution is 0.414. The minimum Gasteiger partial charge on any atom is -0.497 e. The van der Waals surface area contributed by atoms with Crippen molar-refractivity contribution in [1.29, 1.82) is 0 Å². The number of fused-ring (bicyclic) bond motifs is 6. The summed E-state index contributed by atoms with van der Waals surface area (Å²) < 4.78 is 13.9. The molecule has 0 bridgehead atoms. The highest BCUT2D eigenvalue weighted by Gasteiger charge is 2.47. The van der Waals surface area contributed by atoms with E-state index in [1.165, 1.54) is 58.4 Å². The van der Waals surface area contributed by atoms with Gasteiger partial charge in [0.05, 0.1) is 19.6 Å². The number of thiophene rings is 1. The van der Waals surface area contributed by atoms with Gasteiger partial charge in [0, 0.05) is 27.3 Å². The quantitative estimate of drug-likeness (QED) is 0.195. The number of ether oxygens (including phenoxy) is 2. The minimum atomic E-state index is -0.497. The van der Waals surface area contributed by atoms with Gasteiger partial charge in [-0.2, -0.15) is 0 Å². The minimum absolute atomic E-state index is 0.194. The van der Waals surface area contributed by atoms with Gasteiger partial charge in [0.1, 0.15) is 11.5 Å². The monoisotopic (exact) mass is 561 g/mol. The van der Waals surface area contributed by atoms with E-state index >= 15 is 0 Å². The first kappa shape index (κ1) is 24.9. The van der Waals surface area contributed by atoms with Crippen LogP contribution < -0.4 is 9.47 Å². The van der Waals surface area contributed by atoms with Gasteiger partial charge in [-0.3, -0.25) is 0 Å². The fraction of sp³-hybridized carbons (Fsp3) is 0.0769. The summed E-state index contributed by atoms with van der Waals surface area (Å²) in [6, 6.07) is 51.1. The Labute approximate surface area is 248 Å². The lowest BCUT2D eigenvalue weighted by atomic mass is 9.67. The summed E-state index contributed by atoms with van der Waals surface area (Å²) in [5, 5.41) is 2.69. The van der Waals surface area contributed by atoms with E-state index in [1.54, 1.807) is 14.2 Å². The van der Waals surface area contributed by atoms with Crippen LogP contribution in [-0.2, 0) is 5.41 Å². The van der Waals surface area contributed by atoms with E-state index in [-0.39, 0.29) is 10.5 Å². The third kappa shape index (κ3) is 3.44. The molecule has 0 radical (unpaired) electrons. The van der Waals surface area contributed by atoms with Gasteiger partial charge in [0.15, 0.2) is 14.3 Å². The highest BCUT2D eigenvalue weighted by molar-refractivity contribution is 7.50. The highest BCUT2D eigenvalue weighted by Crippen LogP contribution is 2.58. The van der Waals surface area contributed by atoms with Crippen LogP contribution in [0.1, 0.15) is 22.3 Å². The maximum Gasteiger partial charge on any atom is 0.187 e. The lowest BCUT2D eigenvalue weighted by Crippen LogP contribution is -2.28. The normalized spacial score (nSPS) is 13.2. The Balaban J connectivity index is 1.48. The first-order valence-electron chi connectivity index (χ1n) is 14.2. The van der Waals surface area contributed by atoms with Crippen molar-refractivity contribution in [2.24, 2.45) is 0 Å². The second-order valence-corrected chi connectivity index (χ2v) is 12.7. The molecule has 42 heavy (non-hydrogen) atoms. The predicted octanol–water partition coefficient (Wildman–Crippen LogP) is 10.1. The first-order chi connectivity index (χ1) is 20.7. The van der Waals surface area contributed by atoms with Crippen LogP contribution in [0.4, 0.5) is 0 Å². The molecule has 1 heterocycles. The van der Waals surface area contributed by atoms with Crippen molar-refractivity contribution < 1.29 is 9.47 Å². The molecular formula is C39H29O2S+. The summed E-state index contributed by atoms with van der Waals surface area (Å²) in [4.78, 5) is 1.34. The van der Waals surface area contributed by atoms with Crippen LogP contribution in [0.15, 0.2) is 140 Å². The van der Waals surface area contributed by atoms with E-state index in [0.717, 1.165) is 11.5 Å². The number of benzene rings is 6. The average molecular weight is 562 g/mol. The maximum atomic E-state index is 5.58. The number of hydrogen-bond acceptors (Lipinski definition) is 2. The van der Waals surface area contributed by atoms with Crippen molar-refractivity contribution in [3.8, 4) is 27.5 Å². The van der Waals surface area contributed by atoms with Crippen LogP contribution in [0, 0.1) is 0 Å². The Morgan fingerprint density at radius 3 is 1.55 bits per heavy atom. The highest BCUT2D eigenvalue weighted by atomic mass is 32.2. The molecule has 8 rings (SSSR count). The zero-order valence-corrected chi connectivity index (χ0v) is 24.3. The molecule has 1 aliphatic carbocycles. The van der Waals surface area contributed by atoms with Gasteiger partial charge in [-0.05, 0) is 94.0 Å². The molecule has 1 aliphatic rings. The molecule has 1 aromatic heterocycles. The van der Waals surface area contributed by atoms with Crippen molar-refractivity contribution in [2.75, 3.05) is 14.2 Å². The van der Waals surface area contributed by atoms with Crippen molar-refractivity contribution in [3.05, 3.63) is 162 Å². The molecule has 0 saturated carbocycles. The van der Waals surface area contributed by atoms with Gasteiger partial charge in [0.2, 0.25) is 0 Å². The molecule has 0 fully saturated rings. The Morgan fingerprint density at radius 2 is 0.976 bits per heavy atom. The molecule has 0 spiro atoms. The molecule has 0 aliphatic heterocycles. The zero-order valence-electron chi connectivity index (χ0n) is 23.5. The molecule has 202 valence electrons. The van der Waals surface area contributed by atoms with E-state index in [9.17, 15) is 0 Å². The molecule has 3 heteroatoms. The fourth-order valence-electron chi connectivity index (χ4n) is 6.96. The Kier molecular flexibility index (Phi) is 5.70. The fourth-order valence-corrected chi connectivity index (χ4v) is 9.37. The smallest absolute Gasteiger partial charge is 0.187 e. The largest absolute Gasteiger partial charge is 0.497 e. The van der Waals surface area contributed by atoms with E-state index in [2.05, 4.69) is 140 Å². The summed E-state index contributed by atoms with van der Waals surface area (Å²) in [5.74, 6) is 1.70. The summed E-state index contributed by atoms with van der Waals surface area (Å²) in [6.07, 6.45) is 0. The molecule has 0 atom stereocenters. The van der Waals surface area contributed by atoms with Crippen molar-refractivity contribution in [1.82, 2.24) is 0 Å². The second-order valence-electron chi connectivity index (χ2n) is 10.8. The van der Waals surface area contributed by atoms with Gasteiger partial charge >= 0.3 is 0 Å². The SMILES string of the molecule is COc1ccc(C2(c3ccc(OC)cc3)c3ccccc3-c3ccc(-[s+]4c5ccccc5c5ccccc54)cc32)cc1. The van der Waals surface area contributed by atoms with E-state index in [0.29, 0.717) is 0 Å². The predicted molar refractivity (Wildman–Crippen MR) is 176 cm³/mol. The van der Waals surface area contributed by atoms with Crippen LogP contribution in [0.2, 0.25) is 0 Å². The van der Waals surface area contributed by atoms with Crippen LogP contribution >= 0.6 is 10.5 Å². The molecule has 0 amide bonds. The number of hydrogen-bond donors (Lipinski definition) is 0. The molecular weight excluding hydrogens is 532 g/mol. The van der Waals surface area contributed by atoms with E-state index < -0.39 is 5.41 Å². The Bertz CT molecular complexity index is 2000. The summed E-state index contributed by atoms with van der Waals surface area (Å²) in [7, 11) is 3.25. The first-order valence-corrected chi connectivity index (χ1v) is 15.4. The van der Waals surface area contributed by atoms with Crippen LogP contribution in [-0.4, -0.2) is 14.2 Å². The number of rotatable bonds is 5. The number of methoxy groups -OCH3 is 2. The Hall–Kier alpha value is -4.86. The second kappa shape index (κ2) is 9.61. The van der Waals surface area contributed by atoms with Crippen LogP contribution in [0.3, 0.4) is 0 Å². The van der Waals surface area contributed by atoms with Crippen molar-refractivity contribution in [2.45, 2.75) is 5.41 Å². The van der Waals surface area contributed by atoms with Gasteiger partial charge < -0.3 is 9.47 Å². The summed E-state index contributed by atoms with van der Waals surface area (Å²) in [6.45, 7) is 0. The van der Waals surface area contributed by atoms with Gasteiger partial charge in [0.25, 0.3) is 0 Å². The zero-order chi connectivity index (χ0) is 28.3. The topological polar surface area (TPSA) is 18.5 Å². The van der Waals surface area contributed by atoms with Gasteiger partial charge in [-0.15, -0.1) is 0 Å². The molecule has 0 N–H and O–H groups in total. The third-order valence-corrected chi connectivity index (χ3v) is 11.1. The third-order valence-electron chi connectivity index (χ3n) is 8.80. The van der Waals surface area contributed by atoms with Crippen LogP contribution in [0.5, 0.6) is 11.5 Å². The average Bonchev–Trinajstić information content (AvgIpc) is 3.55. The van der Waals surface area contributed by atoms with E-state index in [1.807, 2.05) is 0 Å². The van der Waals surface area contributed by atoms with Gasteiger partial charge in [-0.1, -0.05) is 72.8 Å². The summed E-state index contributed by atoms with van der Waals surface area (Å²) >= 11 is 0. The van der Waals surface area contributed by atoms with Gasteiger partial charge in [-0.25, -0.2) is 0 Å². The molecule has 2 nitrogen and oxygen atoms in total. The van der Waals surface area contributed by atoms with Crippen molar-refractivity contribution in [3.63, 3.8) is 0 Å². The maximum absolute atomic E-state index is 5.58. The molecule has 6 aromatic carbocycles. The van der Waals surface area contributed by atoms with Crippen LogP contribution in [0.25, 0.3) is 36.2 Å². The Morgan fingerprint density at radius 1 is 0.476 bits per heavy atom. The van der Waals surface area contributed by atoms with Crippen molar-refractivity contribution >= 4 is 30.6 Å². The summed E-state index contributed by atoms with van der Waals surface area (Å²) in [5.41, 5.74) is 7.10. The molecule has 7 aromatic rings. The molecule has 0 saturated heterocycles. The lowest BCUT2D eigenvalue weighted by Gasteiger charge is -2.34. The molecule has 0 unspecified atom stereocenters.